The minimum Gasteiger partial charge on any atom is -0.492 e. The van der Waals surface area contributed by atoms with E-state index in [-0.39, 0.29) is 47.9 Å². The Morgan fingerprint density at radius 3 is 2.40 bits per heavy atom. The first-order valence-electron chi connectivity index (χ1n) is 18.1. The Morgan fingerprint density at radius 1 is 1.02 bits per heavy atom. The number of esters is 1. The van der Waals surface area contributed by atoms with Crippen LogP contribution in [0.5, 0.6) is 11.5 Å². The summed E-state index contributed by atoms with van der Waals surface area (Å²) in [6.07, 6.45) is 3.17. The molecule has 2 N–H and O–H groups in total. The topological polar surface area (TPSA) is 167 Å². The smallest absolute Gasteiger partial charge is 0.306 e. The van der Waals surface area contributed by atoms with E-state index in [4.69, 9.17) is 24.0 Å². The number of carbonyl (C=O) groups excluding carboxylic acids is 1. The Kier molecular flexibility index (Phi) is 14.8. The first-order valence-corrected chi connectivity index (χ1v) is 23.5. The maximum absolute atomic E-state index is 13.5. The van der Waals surface area contributed by atoms with Crippen molar-refractivity contribution in [2.45, 2.75) is 91.6 Å². The first-order chi connectivity index (χ1) is 25.9. The molecule has 0 saturated heterocycles. The number of nitriles is 1. The Morgan fingerprint density at radius 2 is 1.76 bits per heavy atom. The molecule has 2 aromatic heterocycles. The lowest BCUT2D eigenvalue weighted by Crippen LogP contribution is -2.23. The second kappa shape index (κ2) is 19.1. The van der Waals surface area contributed by atoms with Gasteiger partial charge in [0.25, 0.3) is 0 Å². The molecule has 0 unspecified atom stereocenters. The van der Waals surface area contributed by atoms with Gasteiger partial charge < -0.3 is 24.3 Å². The number of hydrogen-bond donors (Lipinski definition) is 2. The molecule has 55 heavy (non-hydrogen) atoms. The van der Waals surface area contributed by atoms with Crippen LogP contribution in [0.3, 0.4) is 0 Å². The standard InChI is InChI=1S/C39H51FN6O7SSi/c1-8-54(48,49)45-33-18-14-29(23-34(33)52-26-28-12-15-30(40)16-13-28)37-32(24-41)38(46(44-37)27-50-21-22-55(5,6)7)43-35-19-17-31(25-42-35)51-20-10-9-11-36(47)53-39(2,3)4/h12-19,23,25,45H,8-11,20-22,26-27H2,1-7H3,(H,42,43). The van der Waals surface area contributed by atoms with Crippen molar-refractivity contribution in [1.82, 2.24) is 14.8 Å². The molecule has 13 nitrogen and oxygen atoms in total. The van der Waals surface area contributed by atoms with Gasteiger partial charge in [-0.25, -0.2) is 22.5 Å². The summed E-state index contributed by atoms with van der Waals surface area (Å²) < 4.78 is 66.0. The van der Waals surface area contributed by atoms with Gasteiger partial charge in [-0.1, -0.05) is 37.8 Å². The third kappa shape index (κ3) is 14.0. The molecule has 0 aliphatic rings. The SMILES string of the molecule is CCS(=O)(=O)Nc1ccc(-c2nn(COCC[Si](C)(C)C)c(Nc3ccc(OCCCCC(=O)OC(C)(C)C)cn3)c2C#N)cc1OCc1ccc(F)cc1. The summed E-state index contributed by atoms with van der Waals surface area (Å²) in [7, 11) is -5.05. The molecular formula is C39H51FN6O7SSi. The van der Waals surface area contributed by atoms with Gasteiger partial charge in [-0.3, -0.25) is 9.52 Å². The van der Waals surface area contributed by atoms with Crippen LogP contribution in [0, 0.1) is 17.1 Å². The summed E-state index contributed by atoms with van der Waals surface area (Å²) >= 11 is 0. The van der Waals surface area contributed by atoms with E-state index < -0.39 is 23.7 Å². The van der Waals surface area contributed by atoms with E-state index in [1.165, 1.54) is 19.1 Å². The van der Waals surface area contributed by atoms with Crippen molar-refractivity contribution >= 4 is 41.4 Å². The zero-order valence-electron chi connectivity index (χ0n) is 32.6. The molecule has 2 heterocycles. The van der Waals surface area contributed by atoms with Crippen LogP contribution in [-0.4, -0.2) is 61.8 Å². The minimum absolute atomic E-state index is 0.0271. The van der Waals surface area contributed by atoms with Gasteiger partial charge in [0.05, 0.1) is 24.2 Å². The van der Waals surface area contributed by atoms with E-state index in [0.29, 0.717) is 66.7 Å². The van der Waals surface area contributed by atoms with Crippen LogP contribution in [0.15, 0.2) is 60.8 Å². The summed E-state index contributed by atoms with van der Waals surface area (Å²) in [4.78, 5) is 16.5. The summed E-state index contributed by atoms with van der Waals surface area (Å²) in [5, 5.41) is 18.5. The van der Waals surface area contributed by atoms with Crippen molar-refractivity contribution in [1.29, 1.82) is 5.26 Å². The molecule has 0 atom stereocenters. The predicted octanol–water partition coefficient (Wildman–Crippen LogP) is 8.24. The van der Waals surface area contributed by atoms with Crippen LogP contribution in [0.2, 0.25) is 25.7 Å². The van der Waals surface area contributed by atoms with Gasteiger partial charge in [0.15, 0.2) is 5.82 Å². The number of carbonyl (C=O) groups is 1. The summed E-state index contributed by atoms with van der Waals surface area (Å²) in [5.41, 5.74) is 1.35. The van der Waals surface area contributed by atoms with Crippen molar-refractivity contribution < 1.29 is 36.6 Å². The summed E-state index contributed by atoms with van der Waals surface area (Å²) in [6, 6.07) is 17.3. The second-order valence-electron chi connectivity index (χ2n) is 15.1. The van der Waals surface area contributed by atoms with E-state index in [0.717, 1.165) is 6.04 Å². The number of hydrogen-bond acceptors (Lipinski definition) is 11. The number of benzene rings is 2. The molecular weight excluding hydrogens is 744 g/mol. The number of unbranched alkanes of at least 4 members (excludes halogenated alkanes) is 1. The molecule has 4 rings (SSSR count). The van der Waals surface area contributed by atoms with Gasteiger partial charge in [0.2, 0.25) is 10.0 Å². The molecule has 0 amide bonds. The maximum atomic E-state index is 13.5. The number of ether oxygens (including phenoxy) is 4. The Hall–Kier alpha value is -4.98. The number of nitrogens with zero attached hydrogens (tertiary/aromatic N) is 4. The molecule has 2 aromatic carbocycles. The van der Waals surface area contributed by atoms with Crippen LogP contribution in [-0.2, 0) is 37.6 Å². The van der Waals surface area contributed by atoms with Gasteiger partial charge in [0.1, 0.15) is 59.4 Å². The predicted molar refractivity (Wildman–Crippen MR) is 213 cm³/mol. The Balaban J connectivity index is 1.58. The number of pyridine rings is 1. The van der Waals surface area contributed by atoms with Crippen molar-refractivity contribution in [3.05, 3.63) is 77.7 Å². The zero-order valence-corrected chi connectivity index (χ0v) is 34.4. The van der Waals surface area contributed by atoms with Crippen LogP contribution in [0.4, 0.5) is 21.7 Å². The highest BCUT2D eigenvalue weighted by atomic mass is 32.2. The molecule has 0 aliphatic heterocycles. The third-order valence-electron chi connectivity index (χ3n) is 7.93. The lowest BCUT2D eigenvalue weighted by molar-refractivity contribution is -0.154. The number of nitrogens with one attached hydrogen (secondary N) is 2. The lowest BCUT2D eigenvalue weighted by atomic mass is 10.1. The van der Waals surface area contributed by atoms with Crippen molar-refractivity contribution in [3.8, 4) is 28.8 Å². The molecule has 0 spiro atoms. The van der Waals surface area contributed by atoms with Gasteiger partial charge in [-0.05, 0) is 88.5 Å². The van der Waals surface area contributed by atoms with Crippen LogP contribution in [0.25, 0.3) is 11.3 Å². The second-order valence-corrected chi connectivity index (χ2v) is 22.7. The highest BCUT2D eigenvalue weighted by Gasteiger charge is 2.23. The normalized spacial score (nSPS) is 11.8. The molecule has 0 saturated carbocycles. The number of halogens is 1. The molecule has 0 fully saturated rings. The zero-order chi connectivity index (χ0) is 40.2. The first kappa shape index (κ1) is 42.8. The number of sulfonamides is 1. The van der Waals surface area contributed by atoms with E-state index in [1.807, 2.05) is 20.8 Å². The molecule has 16 heteroatoms. The van der Waals surface area contributed by atoms with Gasteiger partial charge in [-0.15, -0.1) is 0 Å². The molecule has 0 aliphatic carbocycles. The summed E-state index contributed by atoms with van der Waals surface area (Å²) in [6.45, 7) is 14.8. The average molecular weight is 795 g/mol. The lowest BCUT2D eigenvalue weighted by Gasteiger charge is -2.19. The number of rotatable bonds is 20. The van der Waals surface area contributed by atoms with Gasteiger partial charge in [-0.2, -0.15) is 10.4 Å². The van der Waals surface area contributed by atoms with Crippen LogP contribution < -0.4 is 19.5 Å². The minimum atomic E-state index is -3.66. The van der Waals surface area contributed by atoms with Crippen molar-refractivity contribution in [3.63, 3.8) is 0 Å². The maximum Gasteiger partial charge on any atom is 0.306 e. The molecule has 0 radical (unpaired) electrons. The quantitative estimate of drug-likeness (QED) is 0.0503. The largest absolute Gasteiger partial charge is 0.492 e. The monoisotopic (exact) mass is 794 g/mol. The fraction of sp³-hybridized carbons (Fsp3) is 0.436. The summed E-state index contributed by atoms with van der Waals surface area (Å²) in [5.74, 6) is 0.726. The molecule has 4 aromatic rings. The van der Waals surface area contributed by atoms with Crippen LogP contribution in [0.1, 0.15) is 58.1 Å². The fourth-order valence-electron chi connectivity index (χ4n) is 4.99. The van der Waals surface area contributed by atoms with Crippen molar-refractivity contribution in [2.75, 3.05) is 29.0 Å². The van der Waals surface area contributed by atoms with Gasteiger partial charge in [0, 0.05) is 26.7 Å². The number of anilines is 3. The van der Waals surface area contributed by atoms with Crippen molar-refractivity contribution in [2.24, 2.45) is 0 Å². The highest BCUT2D eigenvalue weighted by Crippen LogP contribution is 2.36. The Bertz CT molecular complexity index is 2040. The average Bonchev–Trinajstić information content (AvgIpc) is 3.46. The third-order valence-corrected chi connectivity index (χ3v) is 10.9. The van der Waals surface area contributed by atoms with E-state index in [2.05, 4.69) is 40.7 Å². The van der Waals surface area contributed by atoms with E-state index in [1.54, 1.807) is 53.3 Å². The van der Waals surface area contributed by atoms with Crippen LogP contribution >= 0.6 is 0 Å². The Labute approximate surface area is 324 Å². The van der Waals surface area contributed by atoms with E-state index >= 15 is 0 Å². The number of aromatic nitrogens is 3. The highest BCUT2D eigenvalue weighted by molar-refractivity contribution is 7.92. The molecule has 296 valence electrons. The molecule has 0 bridgehead atoms. The van der Waals surface area contributed by atoms with Gasteiger partial charge >= 0.3 is 5.97 Å². The fourth-order valence-corrected chi connectivity index (χ4v) is 6.39. The van der Waals surface area contributed by atoms with E-state index in [9.17, 15) is 22.9 Å².